The summed E-state index contributed by atoms with van der Waals surface area (Å²) in [5.41, 5.74) is 0.554. The van der Waals surface area contributed by atoms with Crippen molar-refractivity contribution in [3.05, 3.63) is 28.2 Å². The SMILES string of the molecule is COc1ccc(Br)c(C(=O)NC(CCl)CC(C)C)c1. The zero-order valence-electron chi connectivity index (χ0n) is 11.4. The van der Waals surface area contributed by atoms with E-state index >= 15 is 0 Å². The number of halogens is 2. The second kappa shape index (κ2) is 7.75. The van der Waals surface area contributed by atoms with Crippen molar-refractivity contribution in [1.29, 1.82) is 0 Å². The van der Waals surface area contributed by atoms with E-state index in [9.17, 15) is 4.79 Å². The first-order valence-electron chi connectivity index (χ1n) is 6.18. The molecule has 5 heteroatoms. The molecule has 0 aliphatic rings. The number of hydrogen-bond acceptors (Lipinski definition) is 2. The Morgan fingerprint density at radius 3 is 2.68 bits per heavy atom. The Bertz CT molecular complexity index is 437. The molecule has 0 spiro atoms. The van der Waals surface area contributed by atoms with Gasteiger partial charge in [-0.25, -0.2) is 0 Å². The highest BCUT2D eigenvalue weighted by molar-refractivity contribution is 9.10. The molecule has 0 aliphatic heterocycles. The molecular weight excluding hydrogens is 330 g/mol. The van der Waals surface area contributed by atoms with Crippen LogP contribution in [-0.2, 0) is 0 Å². The normalized spacial score (nSPS) is 12.3. The molecule has 1 rings (SSSR count). The van der Waals surface area contributed by atoms with Gasteiger partial charge in [0.1, 0.15) is 5.75 Å². The molecule has 0 saturated heterocycles. The minimum atomic E-state index is -0.142. The summed E-state index contributed by atoms with van der Waals surface area (Å²) in [5, 5.41) is 2.95. The Morgan fingerprint density at radius 2 is 2.16 bits per heavy atom. The predicted molar refractivity (Wildman–Crippen MR) is 82.1 cm³/mol. The van der Waals surface area contributed by atoms with Gasteiger partial charge < -0.3 is 10.1 Å². The van der Waals surface area contributed by atoms with Gasteiger partial charge in [-0.2, -0.15) is 0 Å². The molecule has 0 fully saturated rings. The van der Waals surface area contributed by atoms with Crippen LogP contribution >= 0.6 is 27.5 Å². The standard InChI is InChI=1S/C14H19BrClNO2/c1-9(2)6-10(8-16)17-14(18)12-7-11(19-3)4-5-13(12)15/h4-5,7,9-10H,6,8H2,1-3H3,(H,17,18). The monoisotopic (exact) mass is 347 g/mol. The molecule has 0 radical (unpaired) electrons. The Hall–Kier alpha value is -0.740. The maximum Gasteiger partial charge on any atom is 0.252 e. The Balaban J connectivity index is 2.81. The molecule has 1 amide bonds. The fourth-order valence-electron chi connectivity index (χ4n) is 1.80. The smallest absolute Gasteiger partial charge is 0.252 e. The first-order valence-corrected chi connectivity index (χ1v) is 7.51. The van der Waals surface area contributed by atoms with Crippen LogP contribution in [0.4, 0.5) is 0 Å². The second-order valence-corrected chi connectivity index (χ2v) is 5.96. The topological polar surface area (TPSA) is 38.3 Å². The van der Waals surface area contributed by atoms with Crippen LogP contribution in [0.1, 0.15) is 30.6 Å². The summed E-state index contributed by atoms with van der Waals surface area (Å²) in [4.78, 5) is 12.2. The Labute approximate surface area is 127 Å². The van der Waals surface area contributed by atoms with Crippen molar-refractivity contribution in [3.63, 3.8) is 0 Å². The number of carbonyl (C=O) groups excluding carboxylic acids is 1. The summed E-state index contributed by atoms with van der Waals surface area (Å²) in [6, 6.07) is 5.28. The van der Waals surface area contributed by atoms with Crippen molar-refractivity contribution in [2.45, 2.75) is 26.3 Å². The van der Waals surface area contributed by atoms with Crippen LogP contribution < -0.4 is 10.1 Å². The Morgan fingerprint density at radius 1 is 1.47 bits per heavy atom. The summed E-state index contributed by atoms with van der Waals surface area (Å²) in [5.74, 6) is 1.40. The van der Waals surface area contributed by atoms with Crippen LogP contribution in [0.2, 0.25) is 0 Å². The first-order chi connectivity index (χ1) is 8.97. The predicted octanol–water partition coefficient (Wildman–Crippen LogP) is 3.84. The lowest BCUT2D eigenvalue weighted by Gasteiger charge is -2.18. The molecule has 1 unspecified atom stereocenters. The van der Waals surface area contributed by atoms with E-state index in [-0.39, 0.29) is 11.9 Å². The van der Waals surface area contributed by atoms with Crippen LogP contribution in [0.15, 0.2) is 22.7 Å². The summed E-state index contributed by atoms with van der Waals surface area (Å²) in [7, 11) is 1.57. The molecule has 1 aromatic carbocycles. The third-order valence-electron chi connectivity index (χ3n) is 2.70. The second-order valence-electron chi connectivity index (χ2n) is 4.80. The fraction of sp³-hybridized carbons (Fsp3) is 0.500. The Kier molecular flexibility index (Phi) is 6.66. The summed E-state index contributed by atoms with van der Waals surface area (Å²) >= 11 is 9.26. The van der Waals surface area contributed by atoms with Crippen LogP contribution in [0.5, 0.6) is 5.75 Å². The maximum atomic E-state index is 12.2. The van der Waals surface area contributed by atoms with Crippen molar-refractivity contribution in [3.8, 4) is 5.75 Å². The number of rotatable bonds is 6. The molecule has 106 valence electrons. The zero-order valence-corrected chi connectivity index (χ0v) is 13.7. The van der Waals surface area contributed by atoms with Gasteiger partial charge in [0.05, 0.1) is 12.7 Å². The van der Waals surface area contributed by atoms with Gasteiger partial charge in [-0.15, -0.1) is 11.6 Å². The van der Waals surface area contributed by atoms with E-state index in [0.717, 1.165) is 10.9 Å². The van der Waals surface area contributed by atoms with E-state index in [4.69, 9.17) is 16.3 Å². The summed E-state index contributed by atoms with van der Waals surface area (Å²) in [6.07, 6.45) is 0.858. The van der Waals surface area contributed by atoms with Crippen LogP contribution in [-0.4, -0.2) is 24.9 Å². The molecule has 1 atom stereocenters. The molecule has 0 aliphatic carbocycles. The molecule has 0 saturated carbocycles. The number of nitrogens with one attached hydrogen (secondary N) is 1. The first kappa shape index (κ1) is 16.3. The van der Waals surface area contributed by atoms with Crippen molar-refractivity contribution in [2.24, 2.45) is 5.92 Å². The van der Waals surface area contributed by atoms with E-state index in [1.165, 1.54) is 0 Å². The number of alkyl halides is 1. The lowest BCUT2D eigenvalue weighted by Crippen LogP contribution is -2.37. The molecule has 1 aromatic rings. The van der Waals surface area contributed by atoms with E-state index in [1.54, 1.807) is 25.3 Å². The number of carbonyl (C=O) groups is 1. The van der Waals surface area contributed by atoms with Gasteiger partial charge in [0.15, 0.2) is 0 Å². The van der Waals surface area contributed by atoms with E-state index in [2.05, 4.69) is 35.1 Å². The van der Waals surface area contributed by atoms with Gasteiger partial charge in [0.25, 0.3) is 5.91 Å². The van der Waals surface area contributed by atoms with Gasteiger partial charge in [0.2, 0.25) is 0 Å². The number of methoxy groups -OCH3 is 1. The van der Waals surface area contributed by atoms with Crippen molar-refractivity contribution in [2.75, 3.05) is 13.0 Å². The van der Waals surface area contributed by atoms with Crippen LogP contribution in [0.3, 0.4) is 0 Å². The average Bonchev–Trinajstić information content (AvgIpc) is 2.37. The molecule has 3 nitrogen and oxygen atoms in total. The highest BCUT2D eigenvalue weighted by Gasteiger charge is 2.16. The maximum absolute atomic E-state index is 12.2. The highest BCUT2D eigenvalue weighted by atomic mass is 79.9. The molecule has 0 bridgehead atoms. The average molecular weight is 349 g/mol. The van der Waals surface area contributed by atoms with E-state index in [0.29, 0.717) is 23.1 Å². The highest BCUT2D eigenvalue weighted by Crippen LogP contribution is 2.22. The van der Waals surface area contributed by atoms with Gasteiger partial charge in [0, 0.05) is 16.4 Å². The number of amides is 1. The minimum absolute atomic E-state index is 0.0210. The van der Waals surface area contributed by atoms with Crippen LogP contribution in [0, 0.1) is 5.92 Å². The summed E-state index contributed by atoms with van der Waals surface area (Å²) in [6.45, 7) is 4.21. The minimum Gasteiger partial charge on any atom is -0.497 e. The number of hydrogen-bond donors (Lipinski definition) is 1. The van der Waals surface area contributed by atoms with Crippen molar-refractivity contribution < 1.29 is 9.53 Å². The molecule has 1 N–H and O–H groups in total. The third-order valence-corrected chi connectivity index (χ3v) is 3.76. The third kappa shape index (κ3) is 5.03. The van der Waals surface area contributed by atoms with E-state index < -0.39 is 0 Å². The number of benzene rings is 1. The molecule has 0 aromatic heterocycles. The fourth-order valence-corrected chi connectivity index (χ4v) is 2.43. The lowest BCUT2D eigenvalue weighted by molar-refractivity contribution is 0.0935. The van der Waals surface area contributed by atoms with E-state index in [1.807, 2.05) is 0 Å². The molecule has 0 heterocycles. The zero-order chi connectivity index (χ0) is 14.4. The van der Waals surface area contributed by atoms with Gasteiger partial charge in [-0.1, -0.05) is 13.8 Å². The van der Waals surface area contributed by atoms with Gasteiger partial charge in [-0.3, -0.25) is 4.79 Å². The van der Waals surface area contributed by atoms with Crippen molar-refractivity contribution >= 4 is 33.4 Å². The lowest BCUT2D eigenvalue weighted by atomic mass is 10.0. The van der Waals surface area contributed by atoms with Gasteiger partial charge in [-0.05, 0) is 46.5 Å². The molecule has 19 heavy (non-hydrogen) atoms. The largest absolute Gasteiger partial charge is 0.497 e. The number of ether oxygens (including phenoxy) is 1. The van der Waals surface area contributed by atoms with Gasteiger partial charge >= 0.3 is 0 Å². The van der Waals surface area contributed by atoms with Crippen molar-refractivity contribution in [1.82, 2.24) is 5.32 Å². The summed E-state index contributed by atoms with van der Waals surface area (Å²) < 4.78 is 5.87. The quantitative estimate of drug-likeness (QED) is 0.793. The molecular formula is C14H19BrClNO2. The van der Waals surface area contributed by atoms with Crippen LogP contribution in [0.25, 0.3) is 0 Å².